The van der Waals surface area contributed by atoms with Crippen LogP contribution in [0, 0.1) is 13.8 Å². The van der Waals surface area contributed by atoms with E-state index in [1.54, 1.807) is 0 Å². The largest absolute Gasteiger partial charge is 0.371 e. The van der Waals surface area contributed by atoms with Gasteiger partial charge in [0.15, 0.2) is 5.82 Å². The predicted molar refractivity (Wildman–Crippen MR) is 105 cm³/mol. The number of nitrogens with zero attached hydrogens (tertiary/aromatic N) is 6. The van der Waals surface area contributed by atoms with Crippen LogP contribution in [-0.4, -0.2) is 49.3 Å². The highest BCUT2D eigenvalue weighted by molar-refractivity contribution is 5.36. The smallest absolute Gasteiger partial charge is 0.228 e. The maximum absolute atomic E-state index is 6.28. The predicted octanol–water partition coefficient (Wildman–Crippen LogP) is 2.86. The van der Waals surface area contributed by atoms with Crippen LogP contribution in [0.4, 0.5) is 5.95 Å². The first-order chi connectivity index (χ1) is 13.0. The van der Waals surface area contributed by atoms with E-state index in [-0.39, 0.29) is 11.6 Å². The van der Waals surface area contributed by atoms with Gasteiger partial charge in [-0.1, -0.05) is 18.9 Å². The summed E-state index contributed by atoms with van der Waals surface area (Å²) in [5, 5.41) is 13.7. The summed E-state index contributed by atoms with van der Waals surface area (Å²) >= 11 is 0. The Hall–Kier alpha value is -2.15. The summed E-state index contributed by atoms with van der Waals surface area (Å²) in [5.41, 5.74) is 2.15. The van der Waals surface area contributed by atoms with Gasteiger partial charge in [-0.2, -0.15) is 5.10 Å². The Labute approximate surface area is 161 Å². The number of morpholine rings is 1. The summed E-state index contributed by atoms with van der Waals surface area (Å²) in [6, 6.07) is 2.37. The second kappa shape index (κ2) is 7.11. The Balaban J connectivity index is 1.64. The number of anilines is 1. The molecule has 0 N–H and O–H groups in total. The van der Waals surface area contributed by atoms with Crippen molar-refractivity contribution in [2.24, 2.45) is 0 Å². The summed E-state index contributed by atoms with van der Waals surface area (Å²) in [5.74, 6) is 1.84. The summed E-state index contributed by atoms with van der Waals surface area (Å²) in [6.07, 6.45) is 6.71. The van der Waals surface area contributed by atoms with Gasteiger partial charge >= 0.3 is 0 Å². The van der Waals surface area contributed by atoms with Gasteiger partial charge in [0.2, 0.25) is 5.95 Å². The van der Waals surface area contributed by atoms with E-state index >= 15 is 0 Å². The Morgan fingerprint density at radius 3 is 2.74 bits per heavy atom. The van der Waals surface area contributed by atoms with Crippen molar-refractivity contribution in [1.29, 1.82) is 0 Å². The van der Waals surface area contributed by atoms with Gasteiger partial charge in [-0.3, -0.25) is 9.25 Å². The third-order valence-electron chi connectivity index (χ3n) is 5.91. The number of allylic oxidation sites excluding steroid dienone is 1. The molecule has 0 aromatic carbocycles. The lowest BCUT2D eigenvalue weighted by Crippen LogP contribution is -2.55. The zero-order valence-corrected chi connectivity index (χ0v) is 16.7. The third-order valence-corrected chi connectivity index (χ3v) is 5.91. The first-order valence-corrected chi connectivity index (χ1v) is 9.96. The molecule has 0 amide bonds. The van der Waals surface area contributed by atoms with Gasteiger partial charge < -0.3 is 9.64 Å². The van der Waals surface area contributed by atoms with Crippen LogP contribution in [0.5, 0.6) is 0 Å². The highest BCUT2D eigenvalue weighted by Gasteiger charge is 2.42. The maximum atomic E-state index is 6.28. The number of hydrogen-bond acceptors (Lipinski definition) is 5. The van der Waals surface area contributed by atoms with Gasteiger partial charge in [-0.05, 0) is 39.7 Å². The first kappa shape index (κ1) is 18.2. The molecule has 2 fully saturated rings. The van der Waals surface area contributed by atoms with Crippen molar-refractivity contribution in [1.82, 2.24) is 24.5 Å². The van der Waals surface area contributed by atoms with Crippen LogP contribution in [0.3, 0.4) is 0 Å². The van der Waals surface area contributed by atoms with Crippen LogP contribution in [0.1, 0.15) is 49.8 Å². The normalized spacial score (nSPS) is 21.9. The summed E-state index contributed by atoms with van der Waals surface area (Å²) in [4.78, 5) is 2.38. The quantitative estimate of drug-likeness (QED) is 0.758. The van der Waals surface area contributed by atoms with E-state index in [2.05, 4.69) is 51.3 Å². The molecular formula is C20H30N6O. The number of aromatic nitrogens is 5. The summed E-state index contributed by atoms with van der Waals surface area (Å²) < 4.78 is 10.4. The second-order valence-electron chi connectivity index (χ2n) is 8.08. The molecule has 1 aliphatic carbocycles. The van der Waals surface area contributed by atoms with Crippen LogP contribution in [0.15, 0.2) is 18.7 Å². The van der Waals surface area contributed by atoms with E-state index < -0.39 is 0 Å². The van der Waals surface area contributed by atoms with Gasteiger partial charge in [-0.25, -0.2) is 0 Å². The van der Waals surface area contributed by atoms with E-state index in [9.17, 15) is 0 Å². The van der Waals surface area contributed by atoms with Gasteiger partial charge in [0.05, 0.1) is 30.5 Å². The van der Waals surface area contributed by atoms with Crippen molar-refractivity contribution in [3.05, 3.63) is 35.9 Å². The highest BCUT2D eigenvalue weighted by atomic mass is 16.5. The molecule has 2 aromatic rings. The first-order valence-electron chi connectivity index (χ1n) is 9.96. The lowest BCUT2D eigenvalue weighted by molar-refractivity contribution is -0.0639. The minimum Gasteiger partial charge on any atom is -0.371 e. The fourth-order valence-corrected chi connectivity index (χ4v) is 4.43. The molecule has 7 nitrogen and oxygen atoms in total. The van der Waals surface area contributed by atoms with E-state index in [0.29, 0.717) is 13.1 Å². The minimum atomic E-state index is -0.00663. The third kappa shape index (κ3) is 3.40. The lowest BCUT2D eigenvalue weighted by atomic mass is 9.98. The van der Waals surface area contributed by atoms with Gasteiger partial charge in [0, 0.05) is 12.2 Å². The van der Waals surface area contributed by atoms with Crippen LogP contribution in [-0.2, 0) is 17.8 Å². The zero-order chi connectivity index (χ0) is 19.0. The molecule has 146 valence electrons. The zero-order valence-electron chi connectivity index (χ0n) is 16.7. The van der Waals surface area contributed by atoms with Gasteiger partial charge in [0.25, 0.3) is 0 Å². The van der Waals surface area contributed by atoms with Crippen molar-refractivity contribution < 1.29 is 4.74 Å². The molecule has 4 rings (SSSR count). The summed E-state index contributed by atoms with van der Waals surface area (Å²) in [7, 11) is 0. The van der Waals surface area contributed by atoms with Crippen molar-refractivity contribution in [3.8, 4) is 0 Å². The second-order valence-corrected chi connectivity index (χ2v) is 8.08. The fraction of sp³-hybridized carbons (Fsp3) is 0.650. The maximum Gasteiger partial charge on any atom is 0.228 e. The average molecular weight is 371 g/mol. The SMILES string of the molecule is C=CCn1c(Cn2nc(C)cc2C)nnc1N1CC2(CCCC2)OCC1C. The molecule has 2 aromatic heterocycles. The van der Waals surface area contributed by atoms with E-state index in [4.69, 9.17) is 4.74 Å². The number of rotatable bonds is 5. The molecule has 2 aliphatic rings. The Bertz CT molecular complexity index is 817. The fourth-order valence-electron chi connectivity index (χ4n) is 4.43. The number of ether oxygens (including phenoxy) is 1. The highest BCUT2D eigenvalue weighted by Crippen LogP contribution is 2.38. The average Bonchev–Trinajstić information content (AvgIpc) is 3.33. The molecule has 0 bridgehead atoms. The van der Waals surface area contributed by atoms with Crippen LogP contribution in [0.25, 0.3) is 0 Å². The molecule has 1 aliphatic heterocycles. The monoisotopic (exact) mass is 370 g/mol. The molecular weight excluding hydrogens is 340 g/mol. The van der Waals surface area contributed by atoms with Crippen LogP contribution < -0.4 is 4.90 Å². The van der Waals surface area contributed by atoms with E-state index in [0.717, 1.165) is 49.2 Å². The molecule has 1 saturated heterocycles. The van der Waals surface area contributed by atoms with Gasteiger partial charge in [-0.15, -0.1) is 16.8 Å². The minimum absolute atomic E-state index is 0.00663. The van der Waals surface area contributed by atoms with Crippen molar-refractivity contribution in [2.45, 2.75) is 71.2 Å². The van der Waals surface area contributed by atoms with E-state index in [1.807, 2.05) is 17.7 Å². The standard InChI is InChI=1S/C20H30N6O/c1-5-10-24-18(12-26-16(3)11-15(2)23-26)21-22-19(24)25-14-20(8-6-7-9-20)27-13-17(25)4/h5,11,17H,1,6-10,12-14H2,2-4H3. The Kier molecular flexibility index (Phi) is 4.80. The van der Waals surface area contributed by atoms with Crippen molar-refractivity contribution >= 4 is 5.95 Å². The lowest BCUT2D eigenvalue weighted by Gasteiger charge is -2.44. The van der Waals surface area contributed by atoms with Gasteiger partial charge in [0.1, 0.15) is 6.54 Å². The Morgan fingerprint density at radius 2 is 2.07 bits per heavy atom. The molecule has 0 radical (unpaired) electrons. The Morgan fingerprint density at radius 1 is 1.30 bits per heavy atom. The van der Waals surface area contributed by atoms with Crippen molar-refractivity contribution in [2.75, 3.05) is 18.1 Å². The van der Waals surface area contributed by atoms with E-state index in [1.165, 1.54) is 12.8 Å². The molecule has 1 saturated carbocycles. The summed E-state index contributed by atoms with van der Waals surface area (Å²) in [6.45, 7) is 13.2. The van der Waals surface area contributed by atoms with Crippen LogP contribution in [0.2, 0.25) is 0 Å². The topological polar surface area (TPSA) is 61.0 Å². The molecule has 1 spiro atoms. The molecule has 3 heterocycles. The van der Waals surface area contributed by atoms with Crippen LogP contribution >= 0.6 is 0 Å². The number of hydrogen-bond donors (Lipinski definition) is 0. The van der Waals surface area contributed by atoms with Crippen molar-refractivity contribution in [3.63, 3.8) is 0 Å². The molecule has 7 heteroatoms. The molecule has 1 atom stereocenters. The molecule has 27 heavy (non-hydrogen) atoms. The number of aryl methyl sites for hydroxylation is 2. The molecule has 1 unspecified atom stereocenters.